The van der Waals surface area contributed by atoms with Crippen LogP contribution in [0.5, 0.6) is 0 Å². The number of imidazole rings is 1. The fourth-order valence-electron chi connectivity index (χ4n) is 4.07. The normalized spacial score (nSPS) is 17.8. The summed E-state index contributed by atoms with van der Waals surface area (Å²) in [5, 5.41) is 3.56. The third kappa shape index (κ3) is 6.53. The molecule has 238 valence electrons. The fourth-order valence-corrected chi connectivity index (χ4v) is 4.07. The molecule has 1 aromatic carbocycles. The van der Waals surface area contributed by atoms with E-state index in [1.807, 2.05) is 10.8 Å². The van der Waals surface area contributed by atoms with E-state index in [4.69, 9.17) is 0 Å². The maximum Gasteiger partial charge on any atom is 0.428 e. The summed E-state index contributed by atoms with van der Waals surface area (Å²) < 4.78 is 161. The zero-order valence-electron chi connectivity index (χ0n) is 21.2. The predicted octanol–water partition coefficient (Wildman–Crippen LogP) is 5.11. The van der Waals surface area contributed by atoms with Crippen molar-refractivity contribution in [1.82, 2.24) is 25.5 Å². The van der Waals surface area contributed by atoms with E-state index in [1.54, 1.807) is 0 Å². The number of pyridine rings is 1. The average Bonchev–Trinajstić information content (AvgIpc) is 3.57. The maximum atomic E-state index is 14.4. The monoisotopic (exact) mass is 649 g/mol. The summed E-state index contributed by atoms with van der Waals surface area (Å²) in [6.45, 7) is -2.55. The van der Waals surface area contributed by atoms with Gasteiger partial charge in [0.15, 0.2) is 0 Å². The lowest BCUT2D eigenvalue weighted by molar-refractivity contribution is -0.269. The van der Waals surface area contributed by atoms with Gasteiger partial charge >= 0.3 is 24.7 Å². The van der Waals surface area contributed by atoms with E-state index in [2.05, 4.69) is 9.82 Å². The number of hydrogen-bond acceptors (Lipinski definition) is 5. The van der Waals surface area contributed by atoms with E-state index in [0.29, 0.717) is 0 Å². The van der Waals surface area contributed by atoms with Gasteiger partial charge in [-0.3, -0.25) is 24.3 Å². The van der Waals surface area contributed by atoms with E-state index in [-0.39, 0.29) is 41.2 Å². The summed E-state index contributed by atoms with van der Waals surface area (Å²) >= 11 is 0. The second kappa shape index (κ2) is 10.9. The molecule has 0 saturated heterocycles. The number of alkyl halides is 12. The predicted molar refractivity (Wildman–Crippen MR) is 123 cm³/mol. The number of carbonyl (C=O) groups excluding carboxylic acids is 2. The highest BCUT2D eigenvalue weighted by Crippen LogP contribution is 2.49. The molecule has 0 fully saturated rings. The van der Waals surface area contributed by atoms with Gasteiger partial charge in [-0.15, -0.1) is 0 Å². The molecule has 2 aromatic heterocycles. The van der Waals surface area contributed by atoms with Crippen molar-refractivity contribution in [2.75, 3.05) is 13.1 Å². The van der Waals surface area contributed by atoms with Gasteiger partial charge in [-0.1, -0.05) is 0 Å². The number of rotatable bonds is 6. The Bertz CT molecular complexity index is 1590. The Labute approximate surface area is 236 Å². The topological polar surface area (TPSA) is 96.8 Å². The van der Waals surface area contributed by atoms with Gasteiger partial charge in [0.25, 0.3) is 5.91 Å². The fraction of sp³-hybridized carbons (Fsp3) is 0.292. The number of nitrogens with one attached hydrogen (secondary N) is 3. The number of amides is 2. The first-order valence-corrected chi connectivity index (χ1v) is 11.7. The third-order valence-electron chi connectivity index (χ3n) is 6.07. The number of benzene rings is 1. The maximum absolute atomic E-state index is 14.4. The number of fused-ring (bicyclic) bond motifs is 1. The average molecular weight is 649 g/mol. The van der Waals surface area contributed by atoms with Gasteiger partial charge in [-0.2, -0.15) is 52.7 Å². The molecule has 1 aliphatic heterocycles. The van der Waals surface area contributed by atoms with Crippen molar-refractivity contribution in [3.8, 4) is 0 Å². The summed E-state index contributed by atoms with van der Waals surface area (Å²) in [5.74, 6) is -2.22. The lowest BCUT2D eigenvalue weighted by Gasteiger charge is -2.29. The van der Waals surface area contributed by atoms with Crippen LogP contribution in [0, 0.1) is 0 Å². The molecule has 1 unspecified atom stereocenters. The second-order valence-electron chi connectivity index (χ2n) is 9.12. The highest BCUT2D eigenvalue weighted by Gasteiger charge is 2.60. The van der Waals surface area contributed by atoms with Crippen LogP contribution in [0.15, 0.2) is 48.8 Å². The number of hydroxylamine groups is 1. The first kappa shape index (κ1) is 32.4. The van der Waals surface area contributed by atoms with Crippen LogP contribution >= 0.6 is 0 Å². The summed E-state index contributed by atoms with van der Waals surface area (Å²) in [7, 11) is 0. The van der Waals surface area contributed by atoms with Gasteiger partial charge in [0, 0.05) is 23.5 Å². The third-order valence-corrected chi connectivity index (χ3v) is 6.07. The summed E-state index contributed by atoms with van der Waals surface area (Å²) in [6.07, 6.45) is -18.8. The molecular formula is C24H15F12N5O3. The van der Waals surface area contributed by atoms with Gasteiger partial charge in [-0.05, 0) is 36.4 Å². The van der Waals surface area contributed by atoms with Crippen molar-refractivity contribution < 1.29 is 67.1 Å². The Kier molecular flexibility index (Phi) is 8.03. The first-order chi connectivity index (χ1) is 20.1. The summed E-state index contributed by atoms with van der Waals surface area (Å²) in [5.41, 5.74) is -9.02. The lowest BCUT2D eigenvalue weighted by atomic mass is 9.88. The van der Waals surface area contributed by atoms with E-state index in [1.165, 1.54) is 5.32 Å². The first-order valence-electron chi connectivity index (χ1n) is 11.7. The molecule has 20 heteroatoms. The van der Waals surface area contributed by atoms with E-state index < -0.39 is 77.6 Å². The van der Waals surface area contributed by atoms with Crippen LogP contribution in [0.4, 0.5) is 52.7 Å². The molecule has 2 amide bonds. The SMILES string of the molecule is O=C(CNC(=O)c1ccc(C2=CC(c3cc(C(F)(F)F)cc(C(F)(F)F)c3)(C(F)(F)F)ON2)c2nccn12)NCC(F)(F)F. The van der Waals surface area contributed by atoms with Crippen molar-refractivity contribution in [2.24, 2.45) is 0 Å². The highest BCUT2D eigenvalue weighted by atomic mass is 19.4. The van der Waals surface area contributed by atoms with Gasteiger partial charge < -0.3 is 10.6 Å². The minimum absolute atomic E-state index is 0.132. The van der Waals surface area contributed by atoms with Crippen molar-refractivity contribution in [3.63, 3.8) is 0 Å². The zero-order chi connectivity index (χ0) is 32.9. The van der Waals surface area contributed by atoms with E-state index in [9.17, 15) is 62.3 Å². The molecule has 4 rings (SSSR count). The van der Waals surface area contributed by atoms with Gasteiger partial charge in [0.1, 0.15) is 17.9 Å². The summed E-state index contributed by atoms with van der Waals surface area (Å²) in [4.78, 5) is 32.7. The van der Waals surface area contributed by atoms with Crippen molar-refractivity contribution in [2.45, 2.75) is 30.3 Å². The number of halogens is 12. The van der Waals surface area contributed by atoms with E-state index in [0.717, 1.165) is 28.9 Å². The summed E-state index contributed by atoms with van der Waals surface area (Å²) in [6, 6.07) is 1.39. The number of hydrogen-bond donors (Lipinski definition) is 3. The Morgan fingerprint density at radius 2 is 1.50 bits per heavy atom. The Hall–Kier alpha value is -4.49. The van der Waals surface area contributed by atoms with Crippen LogP contribution in [-0.4, -0.2) is 46.6 Å². The minimum Gasteiger partial charge on any atom is -0.345 e. The molecule has 3 aromatic rings. The molecule has 3 heterocycles. The molecule has 1 aliphatic rings. The number of carbonyl (C=O) groups is 2. The van der Waals surface area contributed by atoms with Crippen LogP contribution in [0.1, 0.15) is 32.7 Å². The van der Waals surface area contributed by atoms with Crippen LogP contribution in [-0.2, 0) is 27.6 Å². The molecule has 0 spiro atoms. The zero-order valence-corrected chi connectivity index (χ0v) is 21.2. The molecule has 0 saturated carbocycles. The Morgan fingerprint density at radius 1 is 0.886 bits per heavy atom. The number of aromatic nitrogens is 2. The smallest absolute Gasteiger partial charge is 0.345 e. The van der Waals surface area contributed by atoms with Crippen LogP contribution in [0.3, 0.4) is 0 Å². The highest BCUT2D eigenvalue weighted by molar-refractivity contribution is 5.96. The Balaban J connectivity index is 1.73. The quantitative estimate of drug-likeness (QED) is 0.323. The molecule has 3 N–H and O–H groups in total. The van der Waals surface area contributed by atoms with Gasteiger partial charge in [0.2, 0.25) is 11.5 Å². The molecule has 8 nitrogen and oxygen atoms in total. The van der Waals surface area contributed by atoms with Crippen molar-refractivity contribution >= 4 is 23.2 Å². The second-order valence-corrected chi connectivity index (χ2v) is 9.12. The number of nitrogens with zero attached hydrogens (tertiary/aromatic N) is 2. The van der Waals surface area contributed by atoms with Crippen LogP contribution in [0.2, 0.25) is 0 Å². The molecule has 1 atom stereocenters. The Morgan fingerprint density at radius 3 is 2.05 bits per heavy atom. The van der Waals surface area contributed by atoms with E-state index >= 15 is 0 Å². The standard InChI is InChI=1S/C24H15F12N5O3/c25-21(26,27)10-39-17(42)9-38-19(43)16-2-1-14(18-37-3-4-41(16)18)15-8-20(44-40-15,24(34,35)36)11-5-12(22(28,29)30)7-13(6-11)23(31,32)33/h1-8,40H,9-10H2,(H,38,43)(H,39,42). The van der Waals surface area contributed by atoms with Gasteiger partial charge in [-0.25, -0.2) is 4.98 Å². The van der Waals surface area contributed by atoms with Crippen LogP contribution < -0.4 is 16.1 Å². The van der Waals surface area contributed by atoms with Crippen molar-refractivity contribution in [3.05, 3.63) is 76.7 Å². The molecule has 0 aliphatic carbocycles. The lowest BCUT2D eigenvalue weighted by Crippen LogP contribution is -2.43. The van der Waals surface area contributed by atoms with Crippen molar-refractivity contribution in [1.29, 1.82) is 0 Å². The molecular weight excluding hydrogens is 634 g/mol. The van der Waals surface area contributed by atoms with Crippen LogP contribution in [0.25, 0.3) is 11.3 Å². The largest absolute Gasteiger partial charge is 0.428 e. The molecule has 0 radical (unpaired) electrons. The minimum atomic E-state index is -5.62. The molecule has 0 bridgehead atoms. The van der Waals surface area contributed by atoms with Gasteiger partial charge in [0.05, 0.1) is 23.4 Å². The molecule has 44 heavy (non-hydrogen) atoms.